The minimum Gasteiger partial charge on any atom is -0.371 e. The maximum absolute atomic E-state index is 13.1. The van der Waals surface area contributed by atoms with Crippen molar-refractivity contribution in [3.8, 4) is 0 Å². The van der Waals surface area contributed by atoms with E-state index < -0.39 is 0 Å². The molecular formula is C23H27ClN4O2. The number of amides is 1. The third-order valence-electron chi connectivity index (χ3n) is 5.46. The largest absolute Gasteiger partial charge is 0.371 e. The smallest absolute Gasteiger partial charge is 0.227 e. The van der Waals surface area contributed by atoms with Crippen molar-refractivity contribution in [1.29, 1.82) is 0 Å². The number of ether oxygens (including phenoxy) is 1. The zero-order valence-electron chi connectivity index (χ0n) is 17.2. The first kappa shape index (κ1) is 22.2. The van der Waals surface area contributed by atoms with Crippen molar-refractivity contribution in [1.82, 2.24) is 0 Å². The van der Waals surface area contributed by atoms with Crippen molar-refractivity contribution in [2.24, 2.45) is 5.11 Å². The molecule has 1 aliphatic carbocycles. The molecule has 2 atom stereocenters. The van der Waals surface area contributed by atoms with Crippen molar-refractivity contribution >= 4 is 23.2 Å². The van der Waals surface area contributed by atoms with E-state index in [1.807, 2.05) is 60.4 Å². The van der Waals surface area contributed by atoms with Crippen molar-refractivity contribution in [2.45, 2.75) is 57.8 Å². The quantitative estimate of drug-likeness (QED) is 0.207. The second kappa shape index (κ2) is 11.0. The number of rotatable bonds is 9. The van der Waals surface area contributed by atoms with Gasteiger partial charge < -0.3 is 9.64 Å². The first-order valence-corrected chi connectivity index (χ1v) is 10.7. The molecule has 2 unspecified atom stereocenters. The van der Waals surface area contributed by atoms with Gasteiger partial charge in [0, 0.05) is 28.6 Å². The number of nitrogens with zero attached hydrogens (tertiary/aromatic N) is 4. The van der Waals surface area contributed by atoms with E-state index in [-0.39, 0.29) is 18.1 Å². The number of aryl methyl sites for hydroxylation is 1. The average Bonchev–Trinajstić information content (AvgIpc) is 3.21. The van der Waals surface area contributed by atoms with Crippen LogP contribution in [0, 0.1) is 6.92 Å². The van der Waals surface area contributed by atoms with Gasteiger partial charge in [-0.2, -0.15) is 0 Å². The summed E-state index contributed by atoms with van der Waals surface area (Å²) in [5.41, 5.74) is 11.4. The van der Waals surface area contributed by atoms with E-state index in [4.69, 9.17) is 21.9 Å². The Labute approximate surface area is 182 Å². The van der Waals surface area contributed by atoms with Crippen LogP contribution in [0.5, 0.6) is 0 Å². The molecule has 0 N–H and O–H groups in total. The minimum atomic E-state index is -0.0358. The van der Waals surface area contributed by atoms with E-state index in [2.05, 4.69) is 10.0 Å². The lowest BCUT2D eigenvalue weighted by Crippen LogP contribution is -2.45. The van der Waals surface area contributed by atoms with Crippen LogP contribution in [0.1, 0.15) is 43.2 Å². The molecule has 2 aromatic rings. The SMILES string of the molecule is Cc1ccc(COC2CCCC2N(C(=O)CCCN=[N+]=[N-])c2ccccc2)cc1Cl. The Morgan fingerprint density at radius 3 is 2.80 bits per heavy atom. The van der Waals surface area contributed by atoms with Crippen molar-refractivity contribution in [3.05, 3.63) is 75.1 Å². The molecule has 0 heterocycles. The van der Waals surface area contributed by atoms with Crippen LogP contribution < -0.4 is 4.90 Å². The molecule has 7 heteroatoms. The van der Waals surface area contributed by atoms with Gasteiger partial charge in [0.25, 0.3) is 0 Å². The molecule has 0 radical (unpaired) electrons. The molecule has 1 aliphatic rings. The second-order valence-electron chi connectivity index (χ2n) is 7.59. The summed E-state index contributed by atoms with van der Waals surface area (Å²) in [5, 5.41) is 4.28. The molecule has 0 aromatic heterocycles. The van der Waals surface area contributed by atoms with Crippen LogP contribution in [0.25, 0.3) is 10.4 Å². The lowest BCUT2D eigenvalue weighted by Gasteiger charge is -2.33. The molecule has 1 saturated carbocycles. The Morgan fingerprint density at radius 2 is 2.07 bits per heavy atom. The molecule has 0 saturated heterocycles. The van der Waals surface area contributed by atoms with Gasteiger partial charge in [-0.05, 0) is 67.5 Å². The van der Waals surface area contributed by atoms with Gasteiger partial charge in [0.2, 0.25) is 5.91 Å². The number of carbonyl (C=O) groups is 1. The maximum atomic E-state index is 13.1. The highest BCUT2D eigenvalue weighted by Gasteiger charge is 2.36. The van der Waals surface area contributed by atoms with Gasteiger partial charge in [-0.3, -0.25) is 4.79 Å². The fraction of sp³-hybridized carbons (Fsp3) is 0.435. The predicted molar refractivity (Wildman–Crippen MR) is 120 cm³/mol. The van der Waals surface area contributed by atoms with E-state index >= 15 is 0 Å². The van der Waals surface area contributed by atoms with Crippen molar-refractivity contribution < 1.29 is 9.53 Å². The van der Waals surface area contributed by atoms with Gasteiger partial charge in [-0.1, -0.05) is 47.0 Å². The third-order valence-corrected chi connectivity index (χ3v) is 5.87. The van der Waals surface area contributed by atoms with E-state index in [9.17, 15) is 4.79 Å². The summed E-state index contributed by atoms with van der Waals surface area (Å²) in [6.45, 7) is 2.77. The number of hydrogen-bond acceptors (Lipinski definition) is 3. The first-order chi connectivity index (χ1) is 14.6. The fourth-order valence-corrected chi connectivity index (χ4v) is 4.10. The lowest BCUT2D eigenvalue weighted by atomic mass is 10.1. The zero-order valence-corrected chi connectivity index (χ0v) is 18.0. The Bertz CT molecular complexity index is 899. The number of anilines is 1. The number of halogens is 1. The summed E-state index contributed by atoms with van der Waals surface area (Å²) in [5.74, 6) is 0.0354. The number of carbonyl (C=O) groups excluding carboxylic acids is 1. The van der Waals surface area contributed by atoms with E-state index in [1.165, 1.54) is 0 Å². The Morgan fingerprint density at radius 1 is 1.27 bits per heavy atom. The van der Waals surface area contributed by atoms with Crippen LogP contribution in [-0.4, -0.2) is 24.6 Å². The molecule has 30 heavy (non-hydrogen) atoms. The third kappa shape index (κ3) is 5.76. The predicted octanol–water partition coefficient (Wildman–Crippen LogP) is 6.21. The molecule has 3 rings (SSSR count). The first-order valence-electron chi connectivity index (χ1n) is 10.3. The number of benzene rings is 2. The normalized spacial score (nSPS) is 18.1. The fourth-order valence-electron chi connectivity index (χ4n) is 3.90. The highest BCUT2D eigenvalue weighted by Crippen LogP contribution is 2.32. The van der Waals surface area contributed by atoms with Gasteiger partial charge in [0.1, 0.15) is 0 Å². The van der Waals surface area contributed by atoms with E-state index in [1.54, 1.807) is 0 Å². The Kier molecular flexibility index (Phi) is 8.14. The van der Waals surface area contributed by atoms with E-state index in [0.29, 0.717) is 26.0 Å². The van der Waals surface area contributed by atoms with Gasteiger partial charge >= 0.3 is 0 Å². The van der Waals surface area contributed by atoms with Crippen LogP contribution in [-0.2, 0) is 16.1 Å². The maximum Gasteiger partial charge on any atom is 0.227 e. The summed E-state index contributed by atoms with van der Waals surface area (Å²) in [6.07, 6.45) is 3.66. The molecule has 1 fully saturated rings. The standard InChI is InChI=1S/C23H27ClN4O2/c1-17-12-13-18(15-20(17)24)16-30-22-10-5-9-21(22)28(19-7-3-2-4-8-19)23(29)11-6-14-26-27-25/h2-4,7-8,12-13,15,21-22H,5-6,9-11,14,16H2,1H3. The summed E-state index contributed by atoms with van der Waals surface area (Å²) in [7, 11) is 0. The van der Waals surface area contributed by atoms with Crippen LogP contribution in [0.2, 0.25) is 5.02 Å². The molecular weight excluding hydrogens is 400 g/mol. The molecule has 158 valence electrons. The Hall–Kier alpha value is -2.53. The molecule has 6 nitrogen and oxygen atoms in total. The van der Waals surface area contributed by atoms with Crippen molar-refractivity contribution in [2.75, 3.05) is 11.4 Å². The number of para-hydroxylation sites is 1. The second-order valence-corrected chi connectivity index (χ2v) is 8.00. The van der Waals surface area contributed by atoms with Crippen LogP contribution in [0.15, 0.2) is 53.6 Å². The summed E-state index contributed by atoms with van der Waals surface area (Å²) in [4.78, 5) is 17.8. The molecule has 0 aliphatic heterocycles. The van der Waals surface area contributed by atoms with Gasteiger partial charge in [0.05, 0.1) is 18.8 Å². The highest BCUT2D eigenvalue weighted by molar-refractivity contribution is 6.31. The monoisotopic (exact) mass is 426 g/mol. The summed E-state index contributed by atoms with van der Waals surface area (Å²) in [6, 6.07) is 15.7. The molecule has 0 spiro atoms. The van der Waals surface area contributed by atoms with Crippen LogP contribution >= 0.6 is 11.6 Å². The average molecular weight is 427 g/mol. The number of azide groups is 1. The van der Waals surface area contributed by atoms with Crippen LogP contribution in [0.3, 0.4) is 0 Å². The highest BCUT2D eigenvalue weighted by atomic mass is 35.5. The zero-order chi connectivity index (χ0) is 21.3. The topological polar surface area (TPSA) is 78.3 Å². The summed E-state index contributed by atoms with van der Waals surface area (Å²) < 4.78 is 6.27. The molecule has 2 aromatic carbocycles. The molecule has 1 amide bonds. The lowest BCUT2D eigenvalue weighted by molar-refractivity contribution is -0.119. The van der Waals surface area contributed by atoms with E-state index in [0.717, 1.165) is 41.1 Å². The van der Waals surface area contributed by atoms with Gasteiger partial charge in [0.15, 0.2) is 0 Å². The molecule has 0 bridgehead atoms. The number of hydrogen-bond donors (Lipinski definition) is 0. The minimum absolute atomic E-state index is 0.0136. The van der Waals surface area contributed by atoms with Gasteiger partial charge in [-0.25, -0.2) is 0 Å². The van der Waals surface area contributed by atoms with Gasteiger partial charge in [-0.15, -0.1) is 0 Å². The van der Waals surface area contributed by atoms with Crippen molar-refractivity contribution in [3.63, 3.8) is 0 Å². The Balaban J connectivity index is 1.73. The van der Waals surface area contributed by atoms with Crippen LogP contribution in [0.4, 0.5) is 5.69 Å². The summed E-state index contributed by atoms with van der Waals surface area (Å²) >= 11 is 6.24.